The molecule has 1 fully saturated rings. The molecule has 2 aliphatic rings. The number of fused-ring (bicyclic) bond motifs is 1. The standard InChI is InChI=1S/C20H21F4N5O3/c1-12-11-32-9-8-28(12)17-16(21)18(31)29-15(20(22,23)24)5-7-27(19(29)26-17)10-14(30)13-4-2-3-6-25-13/h2-4,6,12,15H,5,7-11H2,1H3/t12-,15?/m1/s1. The highest BCUT2D eigenvalue weighted by Crippen LogP contribution is 2.38. The summed E-state index contributed by atoms with van der Waals surface area (Å²) in [4.78, 5) is 36.3. The SMILES string of the molecule is C[C@@H]1COCCN1c1nc2n(c(=O)c1F)C(C(F)(F)F)CCN2CC(=O)c1ccccn1. The van der Waals surface area contributed by atoms with Crippen molar-refractivity contribution in [2.45, 2.75) is 31.6 Å². The molecule has 0 N–H and O–H groups in total. The minimum absolute atomic E-state index is 0.128. The van der Waals surface area contributed by atoms with Gasteiger partial charge in [0, 0.05) is 19.3 Å². The lowest BCUT2D eigenvalue weighted by Crippen LogP contribution is -2.50. The molecular formula is C20H21F4N5O3. The first-order valence-corrected chi connectivity index (χ1v) is 10.1. The Labute approximate surface area is 180 Å². The Balaban J connectivity index is 1.80. The van der Waals surface area contributed by atoms with E-state index in [0.717, 1.165) is 0 Å². The van der Waals surface area contributed by atoms with Gasteiger partial charge in [-0.25, -0.2) is 0 Å². The molecule has 2 aliphatic heterocycles. The molecule has 0 amide bonds. The second kappa shape index (κ2) is 8.49. The number of ketones is 1. The molecule has 172 valence electrons. The zero-order chi connectivity index (χ0) is 23.0. The van der Waals surface area contributed by atoms with Gasteiger partial charge in [-0.1, -0.05) is 6.07 Å². The summed E-state index contributed by atoms with van der Waals surface area (Å²) < 4.78 is 61.7. The molecule has 0 aliphatic carbocycles. The van der Waals surface area contributed by atoms with Crippen molar-refractivity contribution in [1.82, 2.24) is 14.5 Å². The van der Waals surface area contributed by atoms with Crippen LogP contribution in [0.5, 0.6) is 0 Å². The van der Waals surface area contributed by atoms with Crippen molar-refractivity contribution in [2.75, 3.05) is 42.6 Å². The van der Waals surface area contributed by atoms with E-state index in [2.05, 4.69) is 9.97 Å². The third kappa shape index (κ3) is 4.06. The average Bonchev–Trinajstić information content (AvgIpc) is 2.76. The van der Waals surface area contributed by atoms with Gasteiger partial charge in [0.2, 0.25) is 11.8 Å². The van der Waals surface area contributed by atoms with Gasteiger partial charge in [0.1, 0.15) is 11.7 Å². The normalized spacial score (nSPS) is 21.4. The Morgan fingerprint density at radius 3 is 2.72 bits per heavy atom. The number of pyridine rings is 1. The maximum absolute atomic E-state index is 15.0. The number of aromatic nitrogens is 3. The molecule has 0 spiro atoms. The lowest BCUT2D eigenvalue weighted by Gasteiger charge is -2.38. The summed E-state index contributed by atoms with van der Waals surface area (Å²) in [7, 11) is 0. The molecule has 2 aromatic rings. The van der Waals surface area contributed by atoms with Gasteiger partial charge >= 0.3 is 6.18 Å². The van der Waals surface area contributed by atoms with E-state index in [9.17, 15) is 22.8 Å². The molecule has 4 rings (SSSR count). The van der Waals surface area contributed by atoms with Gasteiger partial charge in [0.05, 0.1) is 25.8 Å². The van der Waals surface area contributed by atoms with Crippen molar-refractivity contribution in [2.24, 2.45) is 0 Å². The topological polar surface area (TPSA) is 80.6 Å². The van der Waals surface area contributed by atoms with Gasteiger partial charge in [-0.2, -0.15) is 22.5 Å². The fraction of sp³-hybridized carbons (Fsp3) is 0.500. The zero-order valence-corrected chi connectivity index (χ0v) is 17.2. The van der Waals surface area contributed by atoms with E-state index in [1.807, 2.05) is 0 Å². The number of nitrogens with zero attached hydrogens (tertiary/aromatic N) is 5. The molecule has 1 unspecified atom stereocenters. The van der Waals surface area contributed by atoms with Crippen LogP contribution in [0.1, 0.15) is 29.9 Å². The van der Waals surface area contributed by atoms with Crippen molar-refractivity contribution < 1.29 is 27.1 Å². The molecule has 0 radical (unpaired) electrons. The van der Waals surface area contributed by atoms with E-state index < -0.39 is 35.8 Å². The molecule has 0 saturated carbocycles. The Morgan fingerprint density at radius 2 is 2.06 bits per heavy atom. The van der Waals surface area contributed by atoms with Crippen LogP contribution in [-0.4, -0.2) is 65.4 Å². The number of rotatable bonds is 4. The van der Waals surface area contributed by atoms with Gasteiger partial charge in [-0.15, -0.1) is 0 Å². The van der Waals surface area contributed by atoms with E-state index in [4.69, 9.17) is 4.74 Å². The fourth-order valence-corrected chi connectivity index (χ4v) is 3.98. The number of hydrogen-bond acceptors (Lipinski definition) is 7. The van der Waals surface area contributed by atoms with E-state index in [0.29, 0.717) is 4.57 Å². The summed E-state index contributed by atoms with van der Waals surface area (Å²) in [5.74, 6) is -2.53. The highest BCUT2D eigenvalue weighted by atomic mass is 19.4. The van der Waals surface area contributed by atoms with E-state index in [-0.39, 0.29) is 56.4 Å². The molecule has 32 heavy (non-hydrogen) atoms. The van der Waals surface area contributed by atoms with E-state index in [1.165, 1.54) is 22.1 Å². The number of hydrogen-bond donors (Lipinski definition) is 0. The van der Waals surface area contributed by atoms with Crippen LogP contribution < -0.4 is 15.4 Å². The van der Waals surface area contributed by atoms with Crippen LogP contribution in [-0.2, 0) is 4.74 Å². The lowest BCUT2D eigenvalue weighted by atomic mass is 10.1. The third-order valence-electron chi connectivity index (χ3n) is 5.59. The summed E-state index contributed by atoms with van der Waals surface area (Å²) in [6.45, 7) is 1.95. The molecule has 0 bridgehead atoms. The number of anilines is 2. The smallest absolute Gasteiger partial charge is 0.377 e. The van der Waals surface area contributed by atoms with Crippen LogP contribution in [0.4, 0.5) is 29.3 Å². The van der Waals surface area contributed by atoms with Crippen molar-refractivity contribution in [3.8, 4) is 0 Å². The van der Waals surface area contributed by atoms with Crippen LogP contribution in [0.3, 0.4) is 0 Å². The second-order valence-corrected chi connectivity index (χ2v) is 7.75. The highest BCUT2D eigenvalue weighted by molar-refractivity contribution is 5.97. The van der Waals surface area contributed by atoms with Crippen LogP contribution in [0, 0.1) is 5.82 Å². The molecule has 2 aromatic heterocycles. The maximum atomic E-state index is 15.0. The Hall–Kier alpha value is -3.02. The van der Waals surface area contributed by atoms with Crippen LogP contribution in [0.15, 0.2) is 29.2 Å². The third-order valence-corrected chi connectivity index (χ3v) is 5.59. The number of morpholine rings is 1. The predicted octanol–water partition coefficient (Wildman–Crippen LogP) is 2.20. The first kappa shape index (κ1) is 22.2. The van der Waals surface area contributed by atoms with E-state index >= 15 is 4.39 Å². The van der Waals surface area contributed by atoms with Crippen LogP contribution >= 0.6 is 0 Å². The maximum Gasteiger partial charge on any atom is 0.409 e. The number of halogens is 4. The molecule has 2 atom stereocenters. The summed E-state index contributed by atoms with van der Waals surface area (Å²) >= 11 is 0. The Bertz CT molecular complexity index is 1060. The Kier molecular flexibility index (Phi) is 5.89. The van der Waals surface area contributed by atoms with Gasteiger partial charge in [-0.3, -0.25) is 19.1 Å². The van der Waals surface area contributed by atoms with Crippen molar-refractivity contribution in [3.63, 3.8) is 0 Å². The summed E-state index contributed by atoms with van der Waals surface area (Å²) in [5, 5.41) is 0. The van der Waals surface area contributed by atoms with Gasteiger partial charge in [-0.05, 0) is 25.5 Å². The summed E-state index contributed by atoms with van der Waals surface area (Å²) in [6.07, 6.45) is -3.87. The molecule has 12 heteroatoms. The quantitative estimate of drug-likeness (QED) is 0.517. The van der Waals surface area contributed by atoms with Gasteiger partial charge in [0.15, 0.2) is 11.6 Å². The first-order valence-electron chi connectivity index (χ1n) is 10.1. The summed E-state index contributed by atoms with van der Waals surface area (Å²) in [6, 6.07) is 2.15. The van der Waals surface area contributed by atoms with Crippen LogP contribution in [0.25, 0.3) is 0 Å². The second-order valence-electron chi connectivity index (χ2n) is 7.75. The molecule has 0 aromatic carbocycles. The number of alkyl halides is 3. The molecule has 8 nitrogen and oxygen atoms in total. The van der Waals surface area contributed by atoms with Gasteiger partial charge < -0.3 is 14.5 Å². The minimum Gasteiger partial charge on any atom is -0.377 e. The molecule has 4 heterocycles. The fourth-order valence-electron chi connectivity index (χ4n) is 3.98. The highest BCUT2D eigenvalue weighted by Gasteiger charge is 2.47. The Morgan fingerprint density at radius 1 is 1.28 bits per heavy atom. The number of Topliss-reactive ketones (excluding diaryl/α,β-unsaturated/α-hetero) is 1. The van der Waals surface area contributed by atoms with Crippen molar-refractivity contribution >= 4 is 17.5 Å². The zero-order valence-electron chi connectivity index (χ0n) is 17.2. The van der Waals surface area contributed by atoms with Crippen molar-refractivity contribution in [1.29, 1.82) is 0 Å². The van der Waals surface area contributed by atoms with E-state index in [1.54, 1.807) is 19.1 Å². The minimum atomic E-state index is -4.78. The lowest BCUT2D eigenvalue weighted by molar-refractivity contribution is -0.171. The molecular weight excluding hydrogens is 434 g/mol. The predicted molar refractivity (Wildman–Crippen MR) is 107 cm³/mol. The first-order chi connectivity index (χ1) is 15.2. The van der Waals surface area contributed by atoms with Gasteiger partial charge in [0.25, 0.3) is 5.56 Å². The van der Waals surface area contributed by atoms with Crippen LogP contribution in [0.2, 0.25) is 0 Å². The monoisotopic (exact) mass is 455 g/mol. The summed E-state index contributed by atoms with van der Waals surface area (Å²) in [5.41, 5.74) is -1.29. The average molecular weight is 455 g/mol. The largest absolute Gasteiger partial charge is 0.409 e. The molecule has 1 saturated heterocycles. The van der Waals surface area contributed by atoms with Crippen molar-refractivity contribution in [3.05, 3.63) is 46.3 Å². The number of ether oxygens (including phenoxy) is 1. The number of carbonyl (C=O) groups is 1. The number of carbonyl (C=O) groups excluding carboxylic acids is 1.